The quantitative estimate of drug-likeness (QED) is 0.399. The van der Waals surface area contributed by atoms with E-state index in [1.54, 1.807) is 0 Å². The van der Waals surface area contributed by atoms with Gasteiger partial charge < -0.3 is 15.5 Å². The highest BCUT2D eigenvalue weighted by Gasteiger charge is 2.33. The second-order valence-corrected chi connectivity index (χ2v) is 7.07. The van der Waals surface area contributed by atoms with E-state index in [9.17, 15) is 0 Å². The van der Waals surface area contributed by atoms with Crippen LogP contribution in [0.15, 0.2) is 4.99 Å². The molecule has 1 heterocycles. The summed E-state index contributed by atoms with van der Waals surface area (Å²) in [6, 6.07) is 1.20. The fourth-order valence-corrected chi connectivity index (χ4v) is 3.03. The van der Waals surface area contributed by atoms with E-state index in [2.05, 4.69) is 53.2 Å². The Balaban J connectivity index is 0.00000242. The van der Waals surface area contributed by atoms with E-state index in [4.69, 9.17) is 0 Å². The van der Waals surface area contributed by atoms with Gasteiger partial charge in [-0.3, -0.25) is 9.89 Å². The summed E-state index contributed by atoms with van der Waals surface area (Å²) >= 11 is 0. The monoisotopic (exact) mass is 423 g/mol. The van der Waals surface area contributed by atoms with Gasteiger partial charge in [0.25, 0.3) is 0 Å². The van der Waals surface area contributed by atoms with Gasteiger partial charge in [-0.15, -0.1) is 24.0 Å². The molecule has 1 saturated carbocycles. The van der Waals surface area contributed by atoms with E-state index >= 15 is 0 Å². The number of guanidine groups is 1. The molecule has 130 valence electrons. The summed E-state index contributed by atoms with van der Waals surface area (Å²) in [5.74, 6) is 2.41. The number of hydrogen-bond donors (Lipinski definition) is 2. The summed E-state index contributed by atoms with van der Waals surface area (Å²) in [6.45, 7) is 12.6. The maximum atomic E-state index is 4.36. The van der Waals surface area contributed by atoms with Crippen LogP contribution in [0, 0.1) is 11.8 Å². The lowest BCUT2D eigenvalue weighted by Crippen LogP contribution is -2.55. The van der Waals surface area contributed by atoms with E-state index in [1.165, 1.54) is 32.6 Å². The van der Waals surface area contributed by atoms with E-state index < -0.39 is 0 Å². The molecule has 22 heavy (non-hydrogen) atoms. The average Bonchev–Trinajstić information content (AvgIpc) is 3.14. The molecule has 0 aromatic heterocycles. The number of likely N-dealkylation sites (N-methyl/N-ethyl adjacent to an activating group) is 1. The maximum absolute atomic E-state index is 4.36. The number of nitrogens with one attached hydrogen (secondary N) is 2. The molecule has 0 spiro atoms. The number of hydrogen-bond acceptors (Lipinski definition) is 3. The third-order valence-corrected chi connectivity index (χ3v) is 4.91. The van der Waals surface area contributed by atoms with Gasteiger partial charge in [0, 0.05) is 51.9 Å². The molecule has 2 fully saturated rings. The van der Waals surface area contributed by atoms with Gasteiger partial charge in [-0.1, -0.05) is 20.8 Å². The smallest absolute Gasteiger partial charge is 0.191 e. The lowest BCUT2D eigenvalue weighted by atomic mass is 10.0. The van der Waals surface area contributed by atoms with Crippen LogP contribution in [0.2, 0.25) is 0 Å². The van der Waals surface area contributed by atoms with E-state index in [-0.39, 0.29) is 24.0 Å². The fourth-order valence-electron chi connectivity index (χ4n) is 3.03. The van der Waals surface area contributed by atoms with Crippen molar-refractivity contribution in [2.75, 3.05) is 46.8 Å². The lowest BCUT2D eigenvalue weighted by Gasteiger charge is -2.40. The molecule has 3 atom stereocenters. The summed E-state index contributed by atoms with van der Waals surface area (Å²) in [7, 11) is 4.07. The minimum absolute atomic E-state index is 0. The van der Waals surface area contributed by atoms with Crippen LogP contribution in [-0.2, 0) is 0 Å². The van der Waals surface area contributed by atoms with Crippen LogP contribution in [0.25, 0.3) is 0 Å². The highest BCUT2D eigenvalue weighted by molar-refractivity contribution is 14.0. The van der Waals surface area contributed by atoms with Crippen LogP contribution in [0.3, 0.4) is 0 Å². The van der Waals surface area contributed by atoms with E-state index in [1.807, 2.05) is 7.05 Å². The van der Waals surface area contributed by atoms with Crippen molar-refractivity contribution in [3.05, 3.63) is 0 Å². The minimum Gasteiger partial charge on any atom is -0.355 e. The van der Waals surface area contributed by atoms with Crippen molar-refractivity contribution in [3.63, 3.8) is 0 Å². The molecule has 0 bridgehead atoms. The first-order valence-electron chi connectivity index (χ1n) is 8.41. The first-order valence-corrected chi connectivity index (χ1v) is 8.41. The van der Waals surface area contributed by atoms with Crippen molar-refractivity contribution in [3.8, 4) is 0 Å². The topological polar surface area (TPSA) is 42.9 Å². The molecule has 2 aliphatic rings. The third kappa shape index (κ3) is 5.85. The molecular weight excluding hydrogens is 389 g/mol. The average molecular weight is 423 g/mol. The van der Waals surface area contributed by atoms with Crippen molar-refractivity contribution in [2.45, 2.75) is 39.3 Å². The summed E-state index contributed by atoms with van der Waals surface area (Å²) < 4.78 is 0. The molecule has 3 unspecified atom stereocenters. The first kappa shape index (κ1) is 20.0. The Morgan fingerprint density at radius 2 is 1.82 bits per heavy atom. The molecule has 0 aromatic carbocycles. The largest absolute Gasteiger partial charge is 0.355 e. The number of aliphatic imine (C=N–C) groups is 1. The molecule has 1 aliphatic heterocycles. The van der Waals surface area contributed by atoms with Gasteiger partial charge in [0.15, 0.2) is 5.96 Å². The van der Waals surface area contributed by atoms with Crippen molar-refractivity contribution in [2.24, 2.45) is 16.8 Å². The van der Waals surface area contributed by atoms with Crippen LogP contribution in [0.5, 0.6) is 0 Å². The van der Waals surface area contributed by atoms with Gasteiger partial charge in [0.2, 0.25) is 0 Å². The zero-order valence-corrected chi connectivity index (χ0v) is 17.1. The van der Waals surface area contributed by atoms with Crippen LogP contribution < -0.4 is 10.6 Å². The van der Waals surface area contributed by atoms with Crippen molar-refractivity contribution >= 4 is 29.9 Å². The molecule has 1 saturated heterocycles. The first-order chi connectivity index (χ1) is 10.0. The van der Waals surface area contributed by atoms with Crippen LogP contribution >= 0.6 is 24.0 Å². The Hall–Kier alpha value is -0.0800. The molecule has 6 heteroatoms. The van der Waals surface area contributed by atoms with Crippen molar-refractivity contribution in [1.29, 1.82) is 0 Å². The predicted octanol–water partition coefficient (Wildman–Crippen LogP) is 1.45. The molecule has 5 nitrogen and oxygen atoms in total. The number of rotatable bonds is 5. The lowest BCUT2D eigenvalue weighted by molar-refractivity contribution is 0.0900. The number of nitrogens with zero attached hydrogens (tertiary/aromatic N) is 3. The van der Waals surface area contributed by atoms with Crippen LogP contribution in [0.4, 0.5) is 0 Å². The van der Waals surface area contributed by atoms with Gasteiger partial charge in [-0.2, -0.15) is 0 Å². The van der Waals surface area contributed by atoms with E-state index in [0.29, 0.717) is 18.0 Å². The van der Waals surface area contributed by atoms with Gasteiger partial charge in [-0.05, 0) is 25.3 Å². The van der Waals surface area contributed by atoms with Gasteiger partial charge in [0.05, 0.1) is 0 Å². The Morgan fingerprint density at radius 3 is 2.27 bits per heavy atom. The van der Waals surface area contributed by atoms with Crippen LogP contribution in [0.1, 0.15) is 27.2 Å². The molecule has 2 rings (SSSR count). The van der Waals surface area contributed by atoms with Gasteiger partial charge in [-0.25, -0.2) is 0 Å². The maximum Gasteiger partial charge on any atom is 0.191 e. The molecular formula is C16H34IN5. The summed E-state index contributed by atoms with van der Waals surface area (Å²) in [6.07, 6.45) is 1.27. The Morgan fingerprint density at radius 1 is 1.23 bits per heavy atom. The number of halogens is 1. The fraction of sp³-hybridized carbons (Fsp3) is 0.938. The van der Waals surface area contributed by atoms with Gasteiger partial charge in [0.1, 0.15) is 0 Å². The Kier molecular flexibility index (Phi) is 8.42. The zero-order chi connectivity index (χ0) is 15.4. The second kappa shape index (κ2) is 9.27. The summed E-state index contributed by atoms with van der Waals surface area (Å²) in [4.78, 5) is 9.40. The van der Waals surface area contributed by atoms with Crippen LogP contribution in [-0.4, -0.2) is 74.7 Å². The highest BCUT2D eigenvalue weighted by atomic mass is 127. The van der Waals surface area contributed by atoms with Gasteiger partial charge >= 0.3 is 0 Å². The molecule has 0 amide bonds. The molecule has 1 aliphatic carbocycles. The Bertz CT molecular complexity index is 352. The molecule has 0 radical (unpaired) electrons. The SMILES string of the molecule is CN=C(NCC(C(C)C)N1CCN(C)CC1)NC1CC1C.I. The minimum atomic E-state index is 0. The predicted molar refractivity (Wildman–Crippen MR) is 105 cm³/mol. The van der Waals surface area contributed by atoms with Crippen molar-refractivity contribution in [1.82, 2.24) is 20.4 Å². The van der Waals surface area contributed by atoms with E-state index in [0.717, 1.165) is 18.4 Å². The zero-order valence-electron chi connectivity index (χ0n) is 14.8. The molecule has 0 aromatic rings. The molecule has 2 N–H and O–H groups in total. The normalized spacial score (nSPS) is 28.2. The summed E-state index contributed by atoms with van der Waals surface area (Å²) in [5.41, 5.74) is 0. The third-order valence-electron chi connectivity index (χ3n) is 4.91. The van der Waals surface area contributed by atoms with Crippen molar-refractivity contribution < 1.29 is 0 Å². The summed E-state index contributed by atoms with van der Waals surface area (Å²) in [5, 5.41) is 7.04. The second-order valence-electron chi connectivity index (χ2n) is 7.07. The highest BCUT2D eigenvalue weighted by Crippen LogP contribution is 2.28. The Labute approximate surface area is 153 Å². The number of piperazine rings is 1. The standard InChI is InChI=1S/C16H33N5.HI/c1-12(2)15(21-8-6-20(5)7-9-21)11-18-16(17-4)19-14-10-13(14)3;/h12-15H,6-11H2,1-5H3,(H2,17,18,19);1H.